The van der Waals surface area contributed by atoms with E-state index in [-0.39, 0.29) is 0 Å². The average molecular weight is 847 g/mol. The Hall–Kier alpha value is -1.08. The molecule has 0 saturated carbocycles. The first-order valence-corrected chi connectivity index (χ1v) is 17.7. The quantitative estimate of drug-likeness (QED) is 0.0918. The van der Waals surface area contributed by atoms with Crippen LogP contribution in [0.2, 0.25) is 0 Å². The number of aliphatic hydroxyl groups excluding tert-OH is 19. The number of aliphatic hydroxyl groups is 19. The van der Waals surface area contributed by atoms with E-state index in [2.05, 4.69) is 0 Å². The molecule has 27 nitrogen and oxygen atoms in total. The van der Waals surface area contributed by atoms with E-state index in [1.54, 1.807) is 0 Å². The zero-order chi connectivity index (χ0) is 42.6. The molecule has 0 aromatic carbocycles. The highest BCUT2D eigenvalue weighted by atomic mass is 16.8. The molecule has 27 heteroatoms. The molecule has 0 aromatic heterocycles. The third-order valence-corrected chi connectivity index (χ3v) is 10.1. The van der Waals surface area contributed by atoms with Crippen LogP contribution in [0.15, 0.2) is 0 Å². The van der Waals surface area contributed by atoms with Gasteiger partial charge in [0, 0.05) is 0 Å². The molecule has 5 heterocycles. The fourth-order valence-corrected chi connectivity index (χ4v) is 6.63. The highest BCUT2D eigenvalue weighted by Gasteiger charge is 2.54. The molecule has 19 N–H and O–H groups in total. The molecule has 8 unspecified atom stereocenters. The molecule has 5 saturated heterocycles. The van der Waals surface area contributed by atoms with Crippen LogP contribution in [0, 0.1) is 0 Å². The maximum absolute atomic E-state index is 10.6. The van der Waals surface area contributed by atoms with Crippen molar-refractivity contribution in [1.29, 1.82) is 0 Å². The van der Waals surface area contributed by atoms with Gasteiger partial charge in [-0.3, -0.25) is 0 Å². The minimum Gasteiger partial charge on any atom is -0.394 e. The molecule has 5 aliphatic rings. The van der Waals surface area contributed by atoms with Crippen molar-refractivity contribution < 1.29 is 135 Å². The first-order chi connectivity index (χ1) is 26.9. The summed E-state index contributed by atoms with van der Waals surface area (Å²) in [4.78, 5) is 0. The van der Waals surface area contributed by atoms with E-state index >= 15 is 0 Å². The van der Waals surface area contributed by atoms with Crippen molar-refractivity contribution in [2.75, 3.05) is 33.0 Å². The van der Waals surface area contributed by atoms with Crippen molar-refractivity contribution >= 4 is 0 Å². The van der Waals surface area contributed by atoms with Gasteiger partial charge in [0.25, 0.3) is 0 Å². The lowest BCUT2D eigenvalue weighted by atomic mass is 9.96. The Morgan fingerprint density at radius 3 is 0.807 bits per heavy atom. The molecule has 57 heavy (non-hydrogen) atoms. The van der Waals surface area contributed by atoms with E-state index in [0.717, 1.165) is 0 Å². The predicted molar refractivity (Wildman–Crippen MR) is 170 cm³/mol. The summed E-state index contributed by atoms with van der Waals surface area (Å²) in [5.74, 6) is 0. The molecule has 5 aliphatic heterocycles. The molecule has 0 amide bonds. The van der Waals surface area contributed by atoms with Crippen LogP contribution in [0.3, 0.4) is 0 Å². The third-order valence-electron chi connectivity index (χ3n) is 10.1. The summed E-state index contributed by atoms with van der Waals surface area (Å²) < 4.78 is 41.7. The first kappa shape index (κ1) is 48.6. The molecule has 25 atom stereocenters. The maximum atomic E-state index is 10.6. The van der Waals surface area contributed by atoms with E-state index in [0.29, 0.717) is 0 Å². The van der Waals surface area contributed by atoms with Crippen LogP contribution in [0.1, 0.15) is 0 Å². The van der Waals surface area contributed by atoms with Gasteiger partial charge in [0.1, 0.15) is 122 Å². The van der Waals surface area contributed by atoms with Gasteiger partial charge in [-0.25, -0.2) is 0 Å². The third kappa shape index (κ3) is 10.5. The van der Waals surface area contributed by atoms with Crippen molar-refractivity contribution in [3.05, 3.63) is 0 Å². The summed E-state index contributed by atoms with van der Waals surface area (Å²) in [6, 6.07) is 0. The molecular formula is C30H54O27. The SMILES string of the molecule is OC[C@H]1OC(O[C@H]2[C@H](O)C(O)C(O[C@H]3C(O)C(O)C(O)O[C@@H]3CO)O[C@@H]2CO)[C@H](O)[C@@H](O)[C@@H]1O.OC[C@H]1O[C@@H](O[C@H]2[C@H](O)C(O)C(O)O[C@@H]2CO)[C@H](O)[C@@H](O)[C@H]1O. The standard InChI is InChI=1S/C18H32O16.C12H22O11/c19-1-4-7(22)8(23)12(27)17(31-4)34-15-6(3-21)32-18(13(28)10(15)25)33-14-5(2-20)30-16(29)11(26)9(14)24;13-1-3-5(15)6(16)9(19)12(22-3)23-10-4(2-14)21-11(20)8(18)7(10)17/h4-29H,1-3H2;3-20H,1-2H2/t4-,5-,6-,7-,8+,9?,10-,11?,12-,13?,14-,15-,16?,17?,18?;3-,4-,5+,6+,7-,8?,9-,10-,11?,12+/m11/s1. The van der Waals surface area contributed by atoms with Gasteiger partial charge >= 0.3 is 0 Å². The summed E-state index contributed by atoms with van der Waals surface area (Å²) in [6.07, 6.45) is -40.7. The van der Waals surface area contributed by atoms with Crippen molar-refractivity contribution in [2.45, 2.75) is 154 Å². The minimum atomic E-state index is -1.91. The fraction of sp³-hybridized carbons (Fsp3) is 1.00. The zero-order valence-corrected chi connectivity index (χ0v) is 29.7. The second-order valence-corrected chi connectivity index (χ2v) is 13.9. The van der Waals surface area contributed by atoms with Gasteiger partial charge in [-0.05, 0) is 0 Å². The molecule has 0 aliphatic carbocycles. The summed E-state index contributed by atoms with van der Waals surface area (Å²) in [5.41, 5.74) is 0. The first-order valence-electron chi connectivity index (χ1n) is 17.7. The Bertz CT molecular complexity index is 1180. The lowest BCUT2D eigenvalue weighted by Crippen LogP contribution is -2.66. The van der Waals surface area contributed by atoms with Gasteiger partial charge in [0.05, 0.1) is 33.0 Å². The van der Waals surface area contributed by atoms with Gasteiger partial charge in [-0.15, -0.1) is 0 Å². The van der Waals surface area contributed by atoms with E-state index in [9.17, 15) is 91.9 Å². The van der Waals surface area contributed by atoms with Crippen molar-refractivity contribution in [3.63, 3.8) is 0 Å². The van der Waals surface area contributed by atoms with E-state index in [1.165, 1.54) is 0 Å². The van der Waals surface area contributed by atoms with E-state index in [1.807, 2.05) is 0 Å². The van der Waals surface area contributed by atoms with Crippen LogP contribution in [-0.2, 0) is 37.9 Å². The largest absolute Gasteiger partial charge is 0.394 e. The van der Waals surface area contributed by atoms with Crippen LogP contribution in [-0.4, -0.2) is 284 Å². The minimum absolute atomic E-state index is 0.667. The van der Waals surface area contributed by atoms with Gasteiger partial charge in [-0.2, -0.15) is 0 Å². The van der Waals surface area contributed by atoms with Gasteiger partial charge in [0.2, 0.25) is 0 Å². The summed E-state index contributed by atoms with van der Waals surface area (Å²) in [6.45, 7) is -3.67. The topological polar surface area (TPSA) is 458 Å². The number of hydrogen-bond acceptors (Lipinski definition) is 27. The number of ether oxygens (including phenoxy) is 8. The molecule has 336 valence electrons. The highest BCUT2D eigenvalue weighted by molar-refractivity contribution is 4.97. The van der Waals surface area contributed by atoms with Gasteiger partial charge < -0.3 is 135 Å². The molecule has 5 fully saturated rings. The van der Waals surface area contributed by atoms with Gasteiger partial charge in [0.15, 0.2) is 31.5 Å². The molecule has 0 radical (unpaired) electrons. The van der Waals surface area contributed by atoms with Crippen molar-refractivity contribution in [2.24, 2.45) is 0 Å². The van der Waals surface area contributed by atoms with Crippen LogP contribution in [0.5, 0.6) is 0 Å². The van der Waals surface area contributed by atoms with E-state index in [4.69, 9.17) is 43.0 Å². The summed E-state index contributed by atoms with van der Waals surface area (Å²) in [5, 5.41) is 186. The normalized spacial score (nSPS) is 52.2. The van der Waals surface area contributed by atoms with Crippen LogP contribution in [0.4, 0.5) is 0 Å². The number of hydrogen-bond donors (Lipinski definition) is 19. The zero-order valence-electron chi connectivity index (χ0n) is 29.7. The van der Waals surface area contributed by atoms with Gasteiger partial charge in [-0.1, -0.05) is 0 Å². The Morgan fingerprint density at radius 1 is 0.263 bits per heavy atom. The number of rotatable bonds is 11. The Labute approximate surface area is 321 Å². The second-order valence-electron chi connectivity index (χ2n) is 13.9. The Kier molecular flexibility index (Phi) is 18.0. The highest BCUT2D eigenvalue weighted by Crippen LogP contribution is 2.33. The predicted octanol–water partition coefficient (Wildman–Crippen LogP) is -13.0. The van der Waals surface area contributed by atoms with Crippen molar-refractivity contribution in [3.8, 4) is 0 Å². The summed E-state index contributed by atoms with van der Waals surface area (Å²) in [7, 11) is 0. The van der Waals surface area contributed by atoms with Crippen LogP contribution >= 0.6 is 0 Å². The van der Waals surface area contributed by atoms with E-state index < -0.39 is 187 Å². The second kappa shape index (κ2) is 21.1. The monoisotopic (exact) mass is 846 g/mol. The molecule has 0 spiro atoms. The molecule has 5 rings (SSSR count). The van der Waals surface area contributed by atoms with Crippen LogP contribution < -0.4 is 0 Å². The fourth-order valence-electron chi connectivity index (χ4n) is 6.63. The Morgan fingerprint density at radius 2 is 0.509 bits per heavy atom. The lowest BCUT2D eigenvalue weighted by molar-refractivity contribution is -0.377. The van der Waals surface area contributed by atoms with Crippen LogP contribution in [0.25, 0.3) is 0 Å². The summed E-state index contributed by atoms with van der Waals surface area (Å²) >= 11 is 0. The molecular weight excluding hydrogens is 792 g/mol. The van der Waals surface area contributed by atoms with Crippen molar-refractivity contribution in [1.82, 2.24) is 0 Å². The average Bonchev–Trinajstić information content (AvgIpc) is 3.20. The molecule has 0 aromatic rings. The molecule has 0 bridgehead atoms. The maximum Gasteiger partial charge on any atom is 0.187 e. The Balaban J connectivity index is 0.000000273. The smallest absolute Gasteiger partial charge is 0.187 e. The lowest BCUT2D eigenvalue weighted by Gasteiger charge is -2.47.